The number of para-hydroxylation sites is 2. The van der Waals surface area contributed by atoms with E-state index in [1.807, 2.05) is 36.4 Å². The first kappa shape index (κ1) is 17.5. The largest absolute Gasteiger partial charge is 0.305 e. The highest BCUT2D eigenvalue weighted by molar-refractivity contribution is 5.78. The average molecular weight is 375 g/mol. The molecule has 6 nitrogen and oxygen atoms in total. The van der Waals surface area contributed by atoms with E-state index in [1.54, 1.807) is 22.8 Å². The predicted octanol–water partition coefficient (Wildman–Crippen LogP) is 4.16. The Balaban J connectivity index is 1.96. The quantitative estimate of drug-likeness (QED) is 0.396. The minimum absolute atomic E-state index is 0.0396. The first-order chi connectivity index (χ1) is 13.5. The number of hydrogen-bond donors (Lipinski definition) is 0. The number of halogens is 1. The van der Waals surface area contributed by atoms with Gasteiger partial charge in [-0.25, -0.2) is 4.98 Å². The molecule has 28 heavy (non-hydrogen) atoms. The molecule has 1 heterocycles. The van der Waals surface area contributed by atoms with E-state index >= 15 is 0 Å². The van der Waals surface area contributed by atoms with Crippen molar-refractivity contribution in [3.8, 4) is 11.3 Å². The van der Waals surface area contributed by atoms with Gasteiger partial charge in [0.1, 0.15) is 5.69 Å². The van der Waals surface area contributed by atoms with Crippen LogP contribution >= 0.6 is 0 Å². The van der Waals surface area contributed by atoms with Crippen LogP contribution in [0.3, 0.4) is 0 Å². The zero-order chi connectivity index (χ0) is 19.7. The van der Waals surface area contributed by atoms with E-state index in [4.69, 9.17) is 0 Å². The van der Waals surface area contributed by atoms with Crippen molar-refractivity contribution in [2.45, 2.75) is 6.54 Å². The van der Waals surface area contributed by atoms with E-state index in [2.05, 4.69) is 4.98 Å². The molecule has 0 spiro atoms. The minimum atomic E-state index is -0.959. The Labute approximate surface area is 158 Å². The van der Waals surface area contributed by atoms with Crippen molar-refractivity contribution in [1.29, 1.82) is 0 Å². The number of benzene rings is 3. The fourth-order valence-corrected chi connectivity index (χ4v) is 3.10. The lowest BCUT2D eigenvalue weighted by molar-refractivity contribution is -0.387. The van der Waals surface area contributed by atoms with Gasteiger partial charge in [0.25, 0.3) is 5.56 Å². The summed E-state index contributed by atoms with van der Waals surface area (Å²) in [6.45, 7) is 0.318. The number of nitro benzene ring substituents is 1. The molecule has 1 aromatic heterocycles. The Morgan fingerprint density at radius 2 is 1.71 bits per heavy atom. The predicted molar refractivity (Wildman–Crippen MR) is 104 cm³/mol. The second kappa shape index (κ2) is 7.03. The van der Waals surface area contributed by atoms with Crippen LogP contribution in [0, 0.1) is 15.9 Å². The van der Waals surface area contributed by atoms with Crippen LogP contribution in [0.5, 0.6) is 0 Å². The molecule has 0 aliphatic carbocycles. The van der Waals surface area contributed by atoms with Crippen LogP contribution in [-0.2, 0) is 6.54 Å². The van der Waals surface area contributed by atoms with Crippen molar-refractivity contribution in [3.63, 3.8) is 0 Å². The maximum Gasteiger partial charge on any atom is 0.305 e. The van der Waals surface area contributed by atoms with Gasteiger partial charge >= 0.3 is 5.69 Å². The third-order valence-corrected chi connectivity index (χ3v) is 4.45. The number of nitro groups is 1. The van der Waals surface area contributed by atoms with Crippen LogP contribution in [0.4, 0.5) is 10.1 Å². The Kier molecular flexibility index (Phi) is 4.41. The van der Waals surface area contributed by atoms with Crippen molar-refractivity contribution in [2.75, 3.05) is 0 Å². The molecule has 138 valence electrons. The second-order valence-corrected chi connectivity index (χ2v) is 6.25. The second-order valence-electron chi connectivity index (χ2n) is 6.25. The molecule has 0 saturated carbocycles. The van der Waals surface area contributed by atoms with Crippen molar-refractivity contribution in [1.82, 2.24) is 9.55 Å². The van der Waals surface area contributed by atoms with Crippen molar-refractivity contribution in [2.24, 2.45) is 0 Å². The van der Waals surface area contributed by atoms with E-state index in [9.17, 15) is 19.3 Å². The summed E-state index contributed by atoms with van der Waals surface area (Å²) in [4.78, 5) is 27.8. The standard InChI is InChI=1S/C21H14FN3O3/c22-16-11-10-15(12-19(16)25(27)28)20-21(26)24(13-14-6-2-1-3-7-14)18-9-5-4-8-17(18)23-20/h1-12H,13H2. The van der Waals surface area contributed by atoms with Crippen LogP contribution < -0.4 is 5.56 Å². The van der Waals surface area contributed by atoms with Gasteiger partial charge in [-0.15, -0.1) is 0 Å². The van der Waals surface area contributed by atoms with Gasteiger partial charge in [-0.1, -0.05) is 42.5 Å². The number of hydrogen-bond acceptors (Lipinski definition) is 4. The molecule has 0 radical (unpaired) electrons. The van der Waals surface area contributed by atoms with E-state index < -0.39 is 22.0 Å². The molecule has 3 aromatic carbocycles. The minimum Gasteiger partial charge on any atom is -0.300 e. The summed E-state index contributed by atoms with van der Waals surface area (Å²) in [6, 6.07) is 20.0. The zero-order valence-electron chi connectivity index (χ0n) is 14.6. The molecule has 0 saturated heterocycles. The molecule has 0 atom stereocenters. The molecule has 0 aliphatic rings. The summed E-state index contributed by atoms with van der Waals surface area (Å²) < 4.78 is 15.3. The lowest BCUT2D eigenvalue weighted by atomic mass is 10.1. The molecule has 0 bridgehead atoms. The number of fused-ring (bicyclic) bond motifs is 1. The Morgan fingerprint density at radius 3 is 2.46 bits per heavy atom. The molecule has 0 amide bonds. The van der Waals surface area contributed by atoms with Gasteiger partial charge < -0.3 is 4.57 Å². The zero-order valence-corrected chi connectivity index (χ0v) is 14.6. The summed E-state index contributed by atoms with van der Waals surface area (Å²) in [5, 5.41) is 11.1. The first-order valence-corrected chi connectivity index (χ1v) is 8.52. The van der Waals surface area contributed by atoms with Gasteiger partial charge in [0, 0.05) is 11.6 Å². The van der Waals surface area contributed by atoms with Gasteiger partial charge in [-0.05, 0) is 29.8 Å². The van der Waals surface area contributed by atoms with E-state index in [0.29, 0.717) is 17.6 Å². The number of nitrogens with zero attached hydrogens (tertiary/aromatic N) is 3. The molecular formula is C21H14FN3O3. The van der Waals surface area contributed by atoms with Crippen LogP contribution in [0.2, 0.25) is 0 Å². The Morgan fingerprint density at radius 1 is 1.00 bits per heavy atom. The average Bonchev–Trinajstić information content (AvgIpc) is 2.71. The normalized spacial score (nSPS) is 10.9. The topological polar surface area (TPSA) is 78.0 Å². The maximum absolute atomic E-state index is 13.7. The Hall–Kier alpha value is -3.87. The first-order valence-electron chi connectivity index (χ1n) is 8.52. The van der Waals surface area contributed by atoms with Crippen LogP contribution in [0.15, 0.2) is 77.6 Å². The van der Waals surface area contributed by atoms with E-state index in [0.717, 1.165) is 17.7 Å². The monoisotopic (exact) mass is 375 g/mol. The lowest BCUT2D eigenvalue weighted by Gasteiger charge is -2.12. The van der Waals surface area contributed by atoms with Crippen molar-refractivity contribution in [3.05, 3.63) is 105 Å². The van der Waals surface area contributed by atoms with E-state index in [-0.39, 0.29) is 11.3 Å². The van der Waals surface area contributed by atoms with Crippen LogP contribution in [0.1, 0.15) is 5.56 Å². The summed E-state index contributed by atoms with van der Waals surface area (Å²) in [5.41, 5.74) is 1.29. The summed E-state index contributed by atoms with van der Waals surface area (Å²) in [7, 11) is 0. The molecule has 0 unspecified atom stereocenters. The fraction of sp³-hybridized carbons (Fsp3) is 0.0476. The molecule has 4 rings (SSSR count). The number of aromatic nitrogens is 2. The highest BCUT2D eigenvalue weighted by Gasteiger charge is 2.19. The third kappa shape index (κ3) is 3.14. The summed E-state index contributed by atoms with van der Waals surface area (Å²) in [6.07, 6.45) is 0. The van der Waals surface area contributed by atoms with Crippen LogP contribution in [0.25, 0.3) is 22.3 Å². The third-order valence-electron chi connectivity index (χ3n) is 4.45. The molecule has 0 fully saturated rings. The SMILES string of the molecule is O=c1c(-c2ccc(F)c([N+](=O)[O-])c2)nc2ccccc2n1Cc1ccccc1. The van der Waals surface area contributed by atoms with Crippen LogP contribution in [-0.4, -0.2) is 14.5 Å². The molecule has 4 aromatic rings. The summed E-state index contributed by atoms with van der Waals surface area (Å²) in [5.74, 6) is -0.959. The lowest BCUT2D eigenvalue weighted by Crippen LogP contribution is -2.24. The number of rotatable bonds is 4. The van der Waals surface area contributed by atoms with Gasteiger partial charge in [-0.2, -0.15) is 4.39 Å². The molecule has 0 aliphatic heterocycles. The molecule has 0 N–H and O–H groups in total. The fourth-order valence-electron chi connectivity index (χ4n) is 3.10. The van der Waals surface area contributed by atoms with Gasteiger partial charge in [0.05, 0.1) is 22.5 Å². The molecule has 7 heteroatoms. The van der Waals surface area contributed by atoms with Crippen molar-refractivity contribution < 1.29 is 9.31 Å². The van der Waals surface area contributed by atoms with Gasteiger partial charge in [0.2, 0.25) is 5.82 Å². The van der Waals surface area contributed by atoms with Gasteiger partial charge in [-0.3, -0.25) is 14.9 Å². The smallest absolute Gasteiger partial charge is 0.300 e. The molecular weight excluding hydrogens is 361 g/mol. The van der Waals surface area contributed by atoms with Gasteiger partial charge in [0.15, 0.2) is 0 Å². The Bertz CT molecular complexity index is 1250. The summed E-state index contributed by atoms with van der Waals surface area (Å²) >= 11 is 0. The highest BCUT2D eigenvalue weighted by atomic mass is 19.1. The van der Waals surface area contributed by atoms with E-state index in [1.165, 1.54) is 6.07 Å². The highest BCUT2D eigenvalue weighted by Crippen LogP contribution is 2.25. The van der Waals surface area contributed by atoms with Crippen molar-refractivity contribution >= 4 is 16.7 Å². The maximum atomic E-state index is 13.7.